The summed E-state index contributed by atoms with van der Waals surface area (Å²) in [6, 6.07) is 4.76. The summed E-state index contributed by atoms with van der Waals surface area (Å²) in [5.74, 6) is -2.36. The Morgan fingerprint density at radius 3 is 1.80 bits per heavy atom. The number of hydrogen-bond donors (Lipinski definition) is 2. The van der Waals surface area contributed by atoms with Gasteiger partial charge < -0.3 is 11.5 Å². The Kier molecular flexibility index (Phi) is 6.17. The topological polar surface area (TPSA) is 124 Å². The maximum atomic E-state index is 13.9. The lowest BCUT2D eigenvalue weighted by Crippen LogP contribution is -2.47. The van der Waals surface area contributed by atoms with Gasteiger partial charge in [0.15, 0.2) is 0 Å². The van der Waals surface area contributed by atoms with Crippen molar-refractivity contribution in [2.75, 3.05) is 5.73 Å². The zero-order chi connectivity index (χ0) is 24.7. The Labute approximate surface area is 204 Å². The predicted octanol–water partition coefficient (Wildman–Crippen LogP) is 4.12. The first-order valence-corrected chi connectivity index (χ1v) is 12.7. The van der Waals surface area contributed by atoms with E-state index in [1.807, 2.05) is 0 Å². The molecule has 0 saturated carbocycles. The summed E-state index contributed by atoms with van der Waals surface area (Å²) < 4.78 is 0. The van der Waals surface area contributed by atoms with Crippen LogP contribution in [0.5, 0.6) is 0 Å². The third kappa shape index (κ3) is 3.93. The molecule has 35 heavy (non-hydrogen) atoms. The van der Waals surface area contributed by atoms with E-state index < -0.39 is 23.6 Å². The van der Waals surface area contributed by atoms with E-state index in [-0.39, 0.29) is 0 Å². The second-order valence-electron chi connectivity index (χ2n) is 9.91. The smallest absolute Gasteiger partial charge is 0.268 e. The number of nitrogens with two attached hydrogens (primary N) is 2. The van der Waals surface area contributed by atoms with Gasteiger partial charge in [-0.2, -0.15) is 0 Å². The lowest BCUT2D eigenvalue weighted by atomic mass is 9.84. The number of rotatable bonds is 2. The highest BCUT2D eigenvalue weighted by atomic mass is 16.2. The van der Waals surface area contributed by atoms with Crippen LogP contribution in [0.4, 0.5) is 5.69 Å². The highest BCUT2D eigenvalue weighted by Crippen LogP contribution is 2.37. The number of anilines is 1. The van der Waals surface area contributed by atoms with Crippen molar-refractivity contribution in [2.45, 2.75) is 77.0 Å². The van der Waals surface area contributed by atoms with Crippen molar-refractivity contribution in [3.63, 3.8) is 0 Å². The lowest BCUT2D eigenvalue weighted by molar-refractivity contribution is 0.0526. The zero-order valence-corrected chi connectivity index (χ0v) is 20.0. The number of carbonyl (C=O) groups is 4. The highest BCUT2D eigenvalue weighted by Gasteiger charge is 2.41. The van der Waals surface area contributed by atoms with Gasteiger partial charge in [0.2, 0.25) is 5.91 Å². The standard InChI is InChI=1S/C28H31N3O4/c29-23-15-22-18-11-7-3-4-8-12-21(23)24(18)28(35)31(27(22)34)26(33)20-14-13-19(25(30)32)16-9-5-1-2-6-10-17(16)20/h13-15H,1-12,29H2,(H2,30,32). The van der Waals surface area contributed by atoms with Crippen molar-refractivity contribution in [1.82, 2.24) is 4.90 Å². The molecule has 0 fully saturated rings. The molecule has 7 heteroatoms. The number of amides is 4. The summed E-state index contributed by atoms with van der Waals surface area (Å²) in [4.78, 5) is 54.2. The number of fused-ring (bicyclic) bond motifs is 1. The number of hydrogen-bond acceptors (Lipinski definition) is 5. The van der Waals surface area contributed by atoms with Crippen molar-refractivity contribution in [3.8, 4) is 0 Å². The van der Waals surface area contributed by atoms with Crippen LogP contribution in [0.2, 0.25) is 0 Å². The van der Waals surface area contributed by atoms with Gasteiger partial charge in [-0.3, -0.25) is 19.2 Å². The second kappa shape index (κ2) is 9.29. The van der Waals surface area contributed by atoms with Gasteiger partial charge in [0.1, 0.15) is 0 Å². The number of benzene rings is 2. The van der Waals surface area contributed by atoms with Crippen molar-refractivity contribution >= 4 is 29.3 Å². The molecule has 0 spiro atoms. The fourth-order valence-electron chi connectivity index (χ4n) is 6.01. The van der Waals surface area contributed by atoms with Gasteiger partial charge in [-0.25, -0.2) is 4.90 Å². The van der Waals surface area contributed by atoms with Gasteiger partial charge in [-0.1, -0.05) is 25.7 Å². The number of nitrogens with zero attached hydrogens (tertiary/aromatic N) is 1. The maximum absolute atomic E-state index is 13.9. The molecule has 0 unspecified atom stereocenters. The fraction of sp³-hybridized carbons (Fsp3) is 0.429. The largest absolute Gasteiger partial charge is 0.398 e. The van der Waals surface area contributed by atoms with Gasteiger partial charge in [0.05, 0.1) is 0 Å². The fourth-order valence-corrected chi connectivity index (χ4v) is 6.01. The van der Waals surface area contributed by atoms with Gasteiger partial charge in [-0.05, 0) is 91.8 Å². The van der Waals surface area contributed by atoms with Crippen LogP contribution in [-0.4, -0.2) is 28.5 Å². The van der Waals surface area contributed by atoms with Gasteiger partial charge in [0, 0.05) is 27.9 Å². The summed E-state index contributed by atoms with van der Waals surface area (Å²) in [7, 11) is 0. The van der Waals surface area contributed by atoms with Crippen LogP contribution in [0.3, 0.4) is 0 Å². The van der Waals surface area contributed by atoms with Crippen molar-refractivity contribution in [1.29, 1.82) is 0 Å². The molecule has 2 aliphatic carbocycles. The molecule has 0 aromatic heterocycles. The number of primary amides is 1. The van der Waals surface area contributed by atoms with Crippen LogP contribution in [0.1, 0.15) is 115 Å². The predicted molar refractivity (Wildman–Crippen MR) is 132 cm³/mol. The molecule has 2 aromatic carbocycles. The molecule has 1 heterocycles. The number of nitrogen functional groups attached to an aromatic ring is 1. The van der Waals surface area contributed by atoms with Crippen molar-refractivity contribution in [2.24, 2.45) is 5.73 Å². The molecule has 3 aliphatic rings. The molecule has 0 atom stereocenters. The first kappa shape index (κ1) is 23.3. The summed E-state index contributed by atoms with van der Waals surface area (Å²) in [5.41, 5.74) is 16.9. The van der Waals surface area contributed by atoms with E-state index in [4.69, 9.17) is 11.5 Å². The third-order valence-electron chi connectivity index (χ3n) is 7.76. The van der Waals surface area contributed by atoms with Crippen LogP contribution in [0.25, 0.3) is 0 Å². The number of imide groups is 3. The van der Waals surface area contributed by atoms with E-state index in [0.29, 0.717) is 53.6 Å². The second-order valence-corrected chi connectivity index (χ2v) is 9.91. The summed E-state index contributed by atoms with van der Waals surface area (Å²) >= 11 is 0. The Morgan fingerprint density at radius 2 is 1.20 bits per heavy atom. The normalized spacial score (nSPS) is 18.0. The Morgan fingerprint density at radius 1 is 0.686 bits per heavy atom. The first-order valence-electron chi connectivity index (χ1n) is 12.7. The minimum Gasteiger partial charge on any atom is -0.398 e. The molecule has 0 saturated heterocycles. The lowest BCUT2D eigenvalue weighted by Gasteiger charge is -2.31. The SMILES string of the molecule is NC(=O)c1ccc(C(=O)N2C(=O)c3cc(N)c4c(c3CCCCCC4)C2=O)c2c1CCCCCC2. The highest BCUT2D eigenvalue weighted by molar-refractivity contribution is 6.28. The van der Waals surface area contributed by atoms with Crippen molar-refractivity contribution in [3.05, 3.63) is 62.7 Å². The molecule has 0 radical (unpaired) electrons. The summed E-state index contributed by atoms with van der Waals surface area (Å²) in [5, 5.41) is 0. The minimum atomic E-state index is -0.634. The van der Waals surface area contributed by atoms with Crippen LogP contribution in [-0.2, 0) is 25.7 Å². The number of carbonyl (C=O) groups excluding carboxylic acids is 4. The molecule has 4 bridgehead atoms. The Bertz CT molecular complexity index is 1260. The maximum Gasteiger partial charge on any atom is 0.268 e. The van der Waals surface area contributed by atoms with E-state index in [2.05, 4.69) is 0 Å². The summed E-state index contributed by atoms with van der Waals surface area (Å²) in [6.07, 6.45) is 10.2. The summed E-state index contributed by atoms with van der Waals surface area (Å²) in [6.45, 7) is 0. The van der Waals surface area contributed by atoms with Gasteiger partial charge in [0.25, 0.3) is 17.7 Å². The van der Waals surface area contributed by atoms with E-state index in [0.717, 1.165) is 78.5 Å². The first-order chi connectivity index (χ1) is 16.9. The molecule has 4 N–H and O–H groups in total. The van der Waals surface area contributed by atoms with E-state index in [9.17, 15) is 19.2 Å². The zero-order valence-electron chi connectivity index (χ0n) is 20.0. The van der Waals surface area contributed by atoms with Crippen LogP contribution < -0.4 is 11.5 Å². The third-order valence-corrected chi connectivity index (χ3v) is 7.76. The van der Waals surface area contributed by atoms with E-state index in [1.165, 1.54) is 0 Å². The quantitative estimate of drug-likeness (QED) is 0.502. The van der Waals surface area contributed by atoms with E-state index in [1.54, 1.807) is 18.2 Å². The molecule has 1 aliphatic heterocycles. The van der Waals surface area contributed by atoms with Gasteiger partial charge in [-0.15, -0.1) is 0 Å². The molecule has 7 nitrogen and oxygen atoms in total. The van der Waals surface area contributed by atoms with Crippen LogP contribution in [0, 0.1) is 0 Å². The Hall–Kier alpha value is -3.48. The molecule has 2 aromatic rings. The Balaban J connectivity index is 1.62. The molecular weight excluding hydrogens is 442 g/mol. The monoisotopic (exact) mass is 473 g/mol. The molecule has 182 valence electrons. The minimum absolute atomic E-state index is 0.305. The van der Waals surface area contributed by atoms with Gasteiger partial charge >= 0.3 is 0 Å². The van der Waals surface area contributed by atoms with Crippen molar-refractivity contribution < 1.29 is 19.2 Å². The molecule has 4 amide bonds. The molecule has 5 rings (SSSR count). The average molecular weight is 474 g/mol. The van der Waals surface area contributed by atoms with Crippen LogP contribution >= 0.6 is 0 Å². The van der Waals surface area contributed by atoms with Crippen LogP contribution in [0.15, 0.2) is 18.2 Å². The molecular formula is C28H31N3O4. The van der Waals surface area contributed by atoms with E-state index >= 15 is 0 Å². The average Bonchev–Trinajstić information content (AvgIpc) is 2.89.